The van der Waals surface area contributed by atoms with Gasteiger partial charge in [0.05, 0.1) is 24.3 Å². The van der Waals surface area contributed by atoms with Crippen LogP contribution in [0.5, 0.6) is 0 Å². The minimum Gasteiger partial charge on any atom is -0.376 e. The number of rotatable bonds is 5. The Morgan fingerprint density at radius 1 is 0.931 bits per heavy atom. The Morgan fingerprint density at radius 2 is 1.55 bits per heavy atom. The maximum atomic E-state index is 13.0. The van der Waals surface area contributed by atoms with Crippen molar-refractivity contribution in [2.75, 3.05) is 19.7 Å². The first-order valence-corrected chi connectivity index (χ1v) is 9.18. The zero-order chi connectivity index (χ0) is 21.2. The second kappa shape index (κ2) is 8.36. The highest BCUT2D eigenvalue weighted by molar-refractivity contribution is 5.33. The molecule has 0 spiro atoms. The third-order valence-electron chi connectivity index (χ3n) is 5.18. The quantitative estimate of drug-likeness (QED) is 0.644. The van der Waals surface area contributed by atoms with Gasteiger partial charge in [0.1, 0.15) is 0 Å². The van der Waals surface area contributed by atoms with E-state index < -0.39 is 23.5 Å². The van der Waals surface area contributed by atoms with Crippen LogP contribution in [-0.4, -0.2) is 19.7 Å². The molecule has 2 unspecified atom stereocenters. The van der Waals surface area contributed by atoms with Crippen molar-refractivity contribution < 1.29 is 31.1 Å². The SMILES string of the molecule is Cc1ccccc1C1CNCC1COCc1cc(C(F)(F)F)cc(C(F)(F)F)c1. The Kier molecular flexibility index (Phi) is 6.24. The molecule has 1 saturated heterocycles. The van der Waals surface area contributed by atoms with Crippen molar-refractivity contribution in [1.82, 2.24) is 5.32 Å². The van der Waals surface area contributed by atoms with Crippen molar-refractivity contribution >= 4 is 0 Å². The van der Waals surface area contributed by atoms with Gasteiger partial charge in [-0.05, 0) is 41.8 Å². The second-order valence-corrected chi connectivity index (χ2v) is 7.31. The number of hydrogen-bond donors (Lipinski definition) is 1. The highest BCUT2D eigenvalue weighted by Crippen LogP contribution is 2.36. The summed E-state index contributed by atoms with van der Waals surface area (Å²) in [6.07, 6.45) is -9.72. The van der Waals surface area contributed by atoms with Gasteiger partial charge in [-0.1, -0.05) is 24.3 Å². The molecule has 0 saturated carbocycles. The first-order valence-electron chi connectivity index (χ1n) is 9.18. The fourth-order valence-corrected chi connectivity index (χ4v) is 3.71. The summed E-state index contributed by atoms with van der Waals surface area (Å²) in [4.78, 5) is 0. The largest absolute Gasteiger partial charge is 0.416 e. The molecule has 2 aromatic rings. The molecule has 2 aromatic carbocycles. The predicted molar refractivity (Wildman–Crippen MR) is 96.4 cm³/mol. The lowest BCUT2D eigenvalue weighted by atomic mass is 9.87. The first kappa shape index (κ1) is 21.6. The Balaban J connectivity index is 1.70. The summed E-state index contributed by atoms with van der Waals surface area (Å²) in [6, 6.07) is 9.47. The molecule has 1 heterocycles. The minimum atomic E-state index is -4.86. The summed E-state index contributed by atoms with van der Waals surface area (Å²) in [5, 5.41) is 3.28. The van der Waals surface area contributed by atoms with Crippen molar-refractivity contribution in [3.8, 4) is 0 Å². The van der Waals surface area contributed by atoms with E-state index in [0.29, 0.717) is 18.7 Å². The molecule has 3 rings (SSSR count). The first-order chi connectivity index (χ1) is 13.6. The second-order valence-electron chi connectivity index (χ2n) is 7.31. The van der Waals surface area contributed by atoms with Crippen LogP contribution in [0.3, 0.4) is 0 Å². The summed E-state index contributed by atoms with van der Waals surface area (Å²) in [6.45, 7) is 3.36. The van der Waals surface area contributed by atoms with E-state index in [1.54, 1.807) is 0 Å². The Bertz CT molecular complexity index is 814. The molecule has 2 nitrogen and oxygen atoms in total. The topological polar surface area (TPSA) is 21.3 Å². The number of nitrogens with one attached hydrogen (secondary N) is 1. The van der Waals surface area contributed by atoms with E-state index in [0.717, 1.165) is 12.1 Å². The lowest BCUT2D eigenvalue weighted by Crippen LogP contribution is -2.18. The van der Waals surface area contributed by atoms with E-state index in [1.807, 2.05) is 31.2 Å². The van der Waals surface area contributed by atoms with Crippen molar-refractivity contribution in [3.63, 3.8) is 0 Å². The van der Waals surface area contributed by atoms with E-state index in [9.17, 15) is 26.3 Å². The van der Waals surface area contributed by atoms with Crippen LogP contribution >= 0.6 is 0 Å². The van der Waals surface area contributed by atoms with Crippen LogP contribution in [0.25, 0.3) is 0 Å². The van der Waals surface area contributed by atoms with Crippen molar-refractivity contribution in [1.29, 1.82) is 0 Å². The molecule has 0 aromatic heterocycles. The zero-order valence-electron chi connectivity index (χ0n) is 15.7. The molecule has 1 aliphatic heterocycles. The Hall–Kier alpha value is -2.06. The third-order valence-corrected chi connectivity index (χ3v) is 5.18. The molecule has 29 heavy (non-hydrogen) atoms. The molecule has 1 N–H and O–H groups in total. The summed E-state index contributed by atoms with van der Waals surface area (Å²) >= 11 is 0. The van der Waals surface area contributed by atoms with Gasteiger partial charge in [0, 0.05) is 24.9 Å². The van der Waals surface area contributed by atoms with E-state index in [-0.39, 0.29) is 36.7 Å². The molecule has 1 fully saturated rings. The van der Waals surface area contributed by atoms with E-state index in [4.69, 9.17) is 4.74 Å². The fourth-order valence-electron chi connectivity index (χ4n) is 3.71. The molecule has 1 aliphatic rings. The lowest BCUT2D eigenvalue weighted by Gasteiger charge is -2.21. The number of ether oxygens (including phenoxy) is 1. The Morgan fingerprint density at radius 3 is 2.14 bits per heavy atom. The van der Waals surface area contributed by atoms with Crippen LogP contribution in [0.4, 0.5) is 26.3 Å². The highest BCUT2D eigenvalue weighted by Gasteiger charge is 2.37. The van der Waals surface area contributed by atoms with Crippen LogP contribution in [0.1, 0.15) is 33.7 Å². The maximum absolute atomic E-state index is 13.0. The van der Waals surface area contributed by atoms with Gasteiger partial charge in [0.25, 0.3) is 0 Å². The average molecular weight is 417 g/mol. The van der Waals surface area contributed by atoms with E-state index in [1.165, 1.54) is 5.56 Å². The molecular formula is C21H21F6NO. The van der Waals surface area contributed by atoms with Gasteiger partial charge >= 0.3 is 12.4 Å². The molecular weight excluding hydrogens is 396 g/mol. The number of benzene rings is 2. The molecule has 158 valence electrons. The third kappa shape index (κ3) is 5.30. The number of alkyl halides is 6. The van der Waals surface area contributed by atoms with Crippen LogP contribution < -0.4 is 5.32 Å². The summed E-state index contributed by atoms with van der Waals surface area (Å²) in [5.74, 6) is 0.271. The van der Waals surface area contributed by atoms with Crippen LogP contribution in [0.15, 0.2) is 42.5 Å². The monoisotopic (exact) mass is 417 g/mol. The summed E-state index contributed by atoms with van der Waals surface area (Å²) in [7, 11) is 0. The molecule has 0 amide bonds. The fraction of sp³-hybridized carbons (Fsp3) is 0.429. The standard InChI is InChI=1S/C21H21F6NO/c1-13-4-2-3-5-18(13)19-10-28-9-15(19)12-29-11-14-6-16(20(22,23)24)8-17(7-14)21(25,26)27/h2-8,15,19,28H,9-12H2,1H3. The number of hydrogen-bond acceptors (Lipinski definition) is 2. The van der Waals surface area contributed by atoms with Crippen molar-refractivity contribution in [3.05, 3.63) is 70.3 Å². The van der Waals surface area contributed by atoms with Crippen LogP contribution in [0, 0.1) is 12.8 Å². The zero-order valence-corrected chi connectivity index (χ0v) is 15.7. The van der Waals surface area contributed by atoms with Crippen molar-refractivity contribution in [2.45, 2.75) is 31.8 Å². The smallest absolute Gasteiger partial charge is 0.376 e. The summed E-state index contributed by atoms with van der Waals surface area (Å²) < 4.78 is 83.3. The van der Waals surface area contributed by atoms with Crippen LogP contribution in [0.2, 0.25) is 0 Å². The van der Waals surface area contributed by atoms with Gasteiger partial charge in [-0.15, -0.1) is 0 Å². The van der Waals surface area contributed by atoms with Gasteiger partial charge in [-0.25, -0.2) is 0 Å². The van der Waals surface area contributed by atoms with Gasteiger partial charge in [0.2, 0.25) is 0 Å². The van der Waals surface area contributed by atoms with Gasteiger partial charge < -0.3 is 10.1 Å². The van der Waals surface area contributed by atoms with Crippen molar-refractivity contribution in [2.24, 2.45) is 5.92 Å². The lowest BCUT2D eigenvalue weighted by molar-refractivity contribution is -0.143. The molecule has 0 radical (unpaired) electrons. The molecule has 2 atom stereocenters. The number of halogens is 6. The predicted octanol–water partition coefficient (Wildman–Crippen LogP) is 5.55. The van der Waals surface area contributed by atoms with Crippen LogP contribution in [-0.2, 0) is 23.7 Å². The maximum Gasteiger partial charge on any atom is 0.416 e. The van der Waals surface area contributed by atoms with Gasteiger partial charge in [-0.3, -0.25) is 0 Å². The number of aryl methyl sites for hydroxylation is 1. The minimum absolute atomic E-state index is 0.0870. The van der Waals surface area contributed by atoms with Gasteiger partial charge in [0.15, 0.2) is 0 Å². The molecule has 0 bridgehead atoms. The molecule has 8 heteroatoms. The van der Waals surface area contributed by atoms with Gasteiger partial charge in [-0.2, -0.15) is 26.3 Å². The molecule has 0 aliphatic carbocycles. The van der Waals surface area contributed by atoms with E-state index >= 15 is 0 Å². The average Bonchev–Trinajstić information content (AvgIpc) is 3.09. The Labute approximate surface area is 164 Å². The van der Waals surface area contributed by atoms with E-state index in [2.05, 4.69) is 5.32 Å². The highest BCUT2D eigenvalue weighted by atomic mass is 19.4. The summed E-state index contributed by atoms with van der Waals surface area (Å²) in [5.41, 5.74) is -0.494. The normalized spacial score (nSPS) is 20.2.